The zero-order valence-electron chi connectivity index (χ0n) is 16.3. The lowest BCUT2D eigenvalue weighted by Gasteiger charge is -2.40. The summed E-state index contributed by atoms with van der Waals surface area (Å²) in [7, 11) is 0. The number of ether oxygens (including phenoxy) is 1. The lowest BCUT2D eigenvalue weighted by Crippen LogP contribution is -2.55. The summed E-state index contributed by atoms with van der Waals surface area (Å²) in [4.78, 5) is 4.94. The fraction of sp³-hybridized carbons (Fsp3) is 0.714. The normalized spacial score (nSPS) is 21.7. The number of anilines is 1. The highest BCUT2D eigenvalue weighted by Crippen LogP contribution is 2.22. The van der Waals surface area contributed by atoms with Crippen LogP contribution in [-0.4, -0.2) is 69.1 Å². The highest BCUT2D eigenvalue weighted by Gasteiger charge is 2.28. The van der Waals surface area contributed by atoms with Gasteiger partial charge in [0.05, 0.1) is 0 Å². The molecule has 0 radical (unpaired) electrons. The molecular weight excluding hydrogens is 329 g/mol. The first-order chi connectivity index (χ1) is 12.5. The Morgan fingerprint density at radius 3 is 2.42 bits per heavy atom. The average molecular weight is 364 g/mol. The highest BCUT2D eigenvalue weighted by atomic mass is 19.1. The van der Waals surface area contributed by atoms with E-state index in [2.05, 4.69) is 59.3 Å². The molecule has 1 atom stereocenters. The SMILES string of the molecule is CC(C)(CN1CCN(c2ccccc2)CC1)NCC(F)C1CCOCC1. The van der Waals surface area contributed by atoms with Gasteiger partial charge in [-0.1, -0.05) is 18.2 Å². The third kappa shape index (κ3) is 5.66. The van der Waals surface area contributed by atoms with Gasteiger partial charge in [-0.2, -0.15) is 0 Å². The molecule has 0 bridgehead atoms. The molecule has 2 aliphatic rings. The molecule has 0 spiro atoms. The Bertz CT molecular complexity index is 525. The summed E-state index contributed by atoms with van der Waals surface area (Å²) >= 11 is 0. The van der Waals surface area contributed by atoms with Crippen molar-refractivity contribution in [1.82, 2.24) is 10.2 Å². The smallest absolute Gasteiger partial charge is 0.115 e. The zero-order chi connectivity index (χ0) is 18.4. The first-order valence-electron chi connectivity index (χ1n) is 10.0. The predicted molar refractivity (Wildman–Crippen MR) is 106 cm³/mol. The van der Waals surface area contributed by atoms with Gasteiger partial charge in [0.25, 0.3) is 0 Å². The van der Waals surface area contributed by atoms with Gasteiger partial charge in [-0.15, -0.1) is 0 Å². The van der Waals surface area contributed by atoms with Gasteiger partial charge in [0, 0.05) is 63.7 Å². The maximum Gasteiger partial charge on any atom is 0.115 e. The monoisotopic (exact) mass is 363 g/mol. The Kier molecular flexibility index (Phi) is 6.90. The van der Waals surface area contributed by atoms with Gasteiger partial charge < -0.3 is 15.0 Å². The van der Waals surface area contributed by atoms with Crippen molar-refractivity contribution in [2.75, 3.05) is 57.4 Å². The van der Waals surface area contributed by atoms with E-state index in [1.165, 1.54) is 5.69 Å². The second-order valence-electron chi connectivity index (χ2n) is 8.33. The highest BCUT2D eigenvalue weighted by molar-refractivity contribution is 5.46. The molecule has 0 saturated carbocycles. The fourth-order valence-electron chi connectivity index (χ4n) is 4.04. The molecule has 146 valence electrons. The molecule has 3 rings (SSSR count). The molecule has 2 aliphatic heterocycles. The molecule has 1 N–H and O–H groups in total. The number of hydrogen-bond donors (Lipinski definition) is 1. The summed E-state index contributed by atoms with van der Waals surface area (Å²) < 4.78 is 19.8. The summed E-state index contributed by atoms with van der Waals surface area (Å²) in [6.45, 7) is 11.4. The molecule has 1 aromatic carbocycles. The number of piperazine rings is 1. The van der Waals surface area contributed by atoms with Crippen molar-refractivity contribution >= 4 is 5.69 Å². The van der Waals surface area contributed by atoms with Crippen LogP contribution < -0.4 is 10.2 Å². The van der Waals surface area contributed by atoms with Crippen molar-refractivity contribution in [1.29, 1.82) is 0 Å². The number of halogens is 1. The molecule has 2 saturated heterocycles. The van der Waals surface area contributed by atoms with Crippen LogP contribution in [0.3, 0.4) is 0 Å². The minimum Gasteiger partial charge on any atom is -0.381 e. The third-order valence-electron chi connectivity index (χ3n) is 5.67. The number of para-hydroxylation sites is 1. The summed E-state index contributed by atoms with van der Waals surface area (Å²) in [5.74, 6) is 0.154. The van der Waals surface area contributed by atoms with Gasteiger partial charge in [-0.05, 0) is 44.7 Å². The first kappa shape index (κ1) is 19.6. The molecule has 26 heavy (non-hydrogen) atoms. The first-order valence-corrected chi connectivity index (χ1v) is 10.0. The van der Waals surface area contributed by atoms with Gasteiger partial charge in [0.15, 0.2) is 0 Å². The Balaban J connectivity index is 1.40. The molecular formula is C21H34FN3O. The minimum absolute atomic E-state index is 0.0789. The largest absolute Gasteiger partial charge is 0.381 e. The number of nitrogens with zero attached hydrogens (tertiary/aromatic N) is 2. The van der Waals surface area contributed by atoms with Crippen LogP contribution >= 0.6 is 0 Å². The fourth-order valence-corrected chi connectivity index (χ4v) is 4.04. The maximum atomic E-state index is 14.5. The number of alkyl halides is 1. The quantitative estimate of drug-likeness (QED) is 0.806. The van der Waals surface area contributed by atoms with E-state index in [-0.39, 0.29) is 11.5 Å². The standard InChI is InChI=1S/C21H34FN3O/c1-21(2,23-16-20(22)18-8-14-26-15-9-18)17-24-10-12-25(13-11-24)19-6-4-3-5-7-19/h3-7,18,20,23H,8-17H2,1-2H3. The number of benzene rings is 1. The summed E-state index contributed by atoms with van der Waals surface area (Å²) in [5.41, 5.74) is 1.23. The van der Waals surface area contributed by atoms with Crippen LogP contribution in [0.1, 0.15) is 26.7 Å². The van der Waals surface area contributed by atoms with E-state index < -0.39 is 6.17 Å². The molecule has 4 nitrogen and oxygen atoms in total. The molecule has 1 aromatic rings. The van der Waals surface area contributed by atoms with Crippen LogP contribution in [-0.2, 0) is 4.74 Å². The van der Waals surface area contributed by atoms with E-state index in [1.807, 2.05) is 0 Å². The van der Waals surface area contributed by atoms with Gasteiger partial charge in [-0.25, -0.2) is 4.39 Å². The second-order valence-corrected chi connectivity index (χ2v) is 8.33. The Hall–Kier alpha value is -1.17. The number of hydrogen-bond acceptors (Lipinski definition) is 4. The summed E-state index contributed by atoms with van der Waals surface area (Å²) in [6, 6.07) is 10.6. The molecule has 2 fully saturated rings. The molecule has 5 heteroatoms. The molecule has 0 aromatic heterocycles. The molecule has 0 aliphatic carbocycles. The van der Waals surface area contributed by atoms with Crippen molar-refractivity contribution in [3.8, 4) is 0 Å². The van der Waals surface area contributed by atoms with E-state index >= 15 is 0 Å². The Labute approximate surface area is 157 Å². The van der Waals surface area contributed by atoms with E-state index in [4.69, 9.17) is 4.74 Å². The van der Waals surface area contributed by atoms with Crippen LogP contribution in [0, 0.1) is 5.92 Å². The van der Waals surface area contributed by atoms with Gasteiger partial charge in [-0.3, -0.25) is 4.90 Å². The van der Waals surface area contributed by atoms with Crippen molar-refractivity contribution < 1.29 is 9.13 Å². The van der Waals surface area contributed by atoms with E-state index in [1.54, 1.807) is 0 Å². The second kappa shape index (κ2) is 9.16. The molecule has 2 heterocycles. The Morgan fingerprint density at radius 2 is 1.77 bits per heavy atom. The predicted octanol–water partition coefficient (Wildman–Crippen LogP) is 2.94. The maximum absolute atomic E-state index is 14.5. The molecule has 0 amide bonds. The van der Waals surface area contributed by atoms with Crippen LogP contribution in [0.5, 0.6) is 0 Å². The van der Waals surface area contributed by atoms with Crippen molar-refractivity contribution in [2.45, 2.75) is 38.4 Å². The lowest BCUT2D eigenvalue weighted by atomic mass is 9.94. The summed E-state index contributed by atoms with van der Waals surface area (Å²) in [5, 5.41) is 3.48. The van der Waals surface area contributed by atoms with Gasteiger partial charge in [0.1, 0.15) is 6.17 Å². The Morgan fingerprint density at radius 1 is 1.12 bits per heavy atom. The van der Waals surface area contributed by atoms with Gasteiger partial charge >= 0.3 is 0 Å². The number of rotatable bonds is 7. The lowest BCUT2D eigenvalue weighted by molar-refractivity contribution is 0.0346. The topological polar surface area (TPSA) is 27.7 Å². The van der Waals surface area contributed by atoms with Crippen molar-refractivity contribution in [2.24, 2.45) is 5.92 Å². The van der Waals surface area contributed by atoms with E-state index in [0.29, 0.717) is 19.8 Å². The van der Waals surface area contributed by atoms with E-state index in [9.17, 15) is 4.39 Å². The van der Waals surface area contributed by atoms with Crippen molar-refractivity contribution in [3.63, 3.8) is 0 Å². The van der Waals surface area contributed by atoms with Crippen LogP contribution in [0.15, 0.2) is 30.3 Å². The van der Waals surface area contributed by atoms with Crippen LogP contribution in [0.2, 0.25) is 0 Å². The van der Waals surface area contributed by atoms with Crippen LogP contribution in [0.4, 0.5) is 10.1 Å². The third-order valence-corrected chi connectivity index (χ3v) is 5.67. The van der Waals surface area contributed by atoms with Gasteiger partial charge in [0.2, 0.25) is 0 Å². The number of nitrogens with one attached hydrogen (secondary N) is 1. The minimum atomic E-state index is -0.770. The zero-order valence-corrected chi connectivity index (χ0v) is 16.3. The van der Waals surface area contributed by atoms with Crippen LogP contribution in [0.25, 0.3) is 0 Å². The molecule has 1 unspecified atom stereocenters. The summed E-state index contributed by atoms with van der Waals surface area (Å²) in [6.07, 6.45) is 0.934. The van der Waals surface area contributed by atoms with Crippen molar-refractivity contribution in [3.05, 3.63) is 30.3 Å². The average Bonchev–Trinajstić information content (AvgIpc) is 2.68. The van der Waals surface area contributed by atoms with E-state index in [0.717, 1.165) is 45.6 Å².